The Bertz CT molecular complexity index is 1430. The number of nitrogens with two attached hydrogens (primary N) is 2. The van der Waals surface area contributed by atoms with E-state index >= 15 is 0 Å². The van der Waals surface area contributed by atoms with Crippen molar-refractivity contribution in [1.29, 1.82) is 0 Å². The lowest BCUT2D eigenvalue weighted by molar-refractivity contribution is 0.0107. The molecule has 1 aromatic heterocycles. The standard InChI is InChI=1S/C24H25N5O3S/c25-23-22-18(6-3-7-21(22)27-24(26)28-23)15-32-19-10-12-29(13-11-19)33(30,31)20-9-8-16-4-1-2-5-17(16)14-20/h1-9,14,19H,10-13,15H2,(H4,25,26,27,28). The van der Waals surface area contributed by atoms with E-state index in [2.05, 4.69) is 9.97 Å². The van der Waals surface area contributed by atoms with Crippen LogP contribution in [-0.4, -0.2) is 41.9 Å². The first-order chi connectivity index (χ1) is 15.9. The van der Waals surface area contributed by atoms with Gasteiger partial charge in [0.1, 0.15) is 5.82 Å². The largest absolute Gasteiger partial charge is 0.383 e. The van der Waals surface area contributed by atoms with Gasteiger partial charge in [0.05, 0.1) is 23.1 Å². The maximum Gasteiger partial charge on any atom is 0.243 e. The van der Waals surface area contributed by atoms with E-state index in [1.165, 1.54) is 0 Å². The summed E-state index contributed by atoms with van der Waals surface area (Å²) in [6.07, 6.45) is 1.20. The van der Waals surface area contributed by atoms with Crippen LogP contribution < -0.4 is 11.5 Å². The molecule has 0 amide bonds. The average molecular weight is 464 g/mol. The van der Waals surface area contributed by atoms with Crippen LogP contribution in [0.1, 0.15) is 18.4 Å². The van der Waals surface area contributed by atoms with Gasteiger partial charge in [0.25, 0.3) is 0 Å². The third-order valence-electron chi connectivity index (χ3n) is 6.09. The van der Waals surface area contributed by atoms with Crippen LogP contribution in [0.4, 0.5) is 11.8 Å². The molecule has 4 N–H and O–H groups in total. The third-order valence-corrected chi connectivity index (χ3v) is 7.98. The topological polar surface area (TPSA) is 124 Å². The van der Waals surface area contributed by atoms with Gasteiger partial charge in [-0.05, 0) is 47.4 Å². The number of benzene rings is 3. The Hall–Kier alpha value is -3.27. The van der Waals surface area contributed by atoms with E-state index in [0.29, 0.717) is 48.8 Å². The van der Waals surface area contributed by atoms with Gasteiger partial charge >= 0.3 is 0 Å². The number of nitrogen functional groups attached to an aromatic ring is 2. The maximum atomic E-state index is 13.2. The van der Waals surface area contributed by atoms with Crippen LogP contribution in [0.25, 0.3) is 21.7 Å². The molecule has 1 aliphatic heterocycles. The minimum absolute atomic E-state index is 0.0424. The van der Waals surface area contributed by atoms with E-state index < -0.39 is 10.0 Å². The molecule has 3 aromatic carbocycles. The van der Waals surface area contributed by atoms with Crippen molar-refractivity contribution in [2.45, 2.75) is 30.4 Å². The molecule has 8 nitrogen and oxygen atoms in total. The fraction of sp³-hybridized carbons (Fsp3) is 0.250. The molecule has 0 spiro atoms. The zero-order valence-corrected chi connectivity index (χ0v) is 18.8. The number of rotatable bonds is 5. The van der Waals surface area contributed by atoms with Crippen LogP contribution in [0, 0.1) is 0 Å². The number of fused-ring (bicyclic) bond motifs is 2. The lowest BCUT2D eigenvalue weighted by Gasteiger charge is -2.31. The Morgan fingerprint density at radius 3 is 2.48 bits per heavy atom. The SMILES string of the molecule is Nc1nc(N)c2c(COC3CCN(S(=O)(=O)c4ccc5ccccc5c4)CC3)cccc2n1. The predicted molar refractivity (Wildman–Crippen MR) is 129 cm³/mol. The quantitative estimate of drug-likeness (QED) is 0.465. The van der Waals surface area contributed by atoms with Gasteiger partial charge in [0.15, 0.2) is 0 Å². The van der Waals surface area contributed by atoms with Crippen molar-refractivity contribution in [2.75, 3.05) is 24.6 Å². The Morgan fingerprint density at radius 1 is 0.939 bits per heavy atom. The molecule has 33 heavy (non-hydrogen) atoms. The van der Waals surface area contributed by atoms with Crippen LogP contribution in [0.2, 0.25) is 0 Å². The van der Waals surface area contributed by atoms with Gasteiger partial charge in [-0.3, -0.25) is 0 Å². The predicted octanol–water partition coefficient (Wildman–Crippen LogP) is 3.32. The molecule has 4 aromatic rings. The molecule has 0 radical (unpaired) electrons. The van der Waals surface area contributed by atoms with Crippen molar-refractivity contribution in [3.05, 3.63) is 66.2 Å². The number of ether oxygens (including phenoxy) is 1. The molecule has 0 unspecified atom stereocenters. The number of hydrogen-bond donors (Lipinski definition) is 2. The van der Waals surface area contributed by atoms with Gasteiger partial charge in [0, 0.05) is 18.5 Å². The van der Waals surface area contributed by atoms with Crippen LogP contribution in [0.15, 0.2) is 65.6 Å². The Kier molecular flexibility index (Phi) is 5.61. The van der Waals surface area contributed by atoms with Crippen LogP contribution in [-0.2, 0) is 21.4 Å². The van der Waals surface area contributed by atoms with E-state index in [4.69, 9.17) is 16.2 Å². The molecular formula is C24H25N5O3S. The minimum atomic E-state index is -3.55. The van der Waals surface area contributed by atoms with E-state index in [-0.39, 0.29) is 12.1 Å². The molecule has 1 fully saturated rings. The van der Waals surface area contributed by atoms with E-state index in [1.54, 1.807) is 16.4 Å². The highest BCUT2D eigenvalue weighted by molar-refractivity contribution is 7.89. The highest BCUT2D eigenvalue weighted by Gasteiger charge is 2.30. The second-order valence-electron chi connectivity index (χ2n) is 8.20. The summed E-state index contributed by atoms with van der Waals surface area (Å²) < 4.78 is 34.0. The molecule has 0 atom stereocenters. The van der Waals surface area contributed by atoms with Gasteiger partial charge in [-0.25, -0.2) is 13.4 Å². The second kappa shape index (κ2) is 8.58. The molecule has 0 aliphatic carbocycles. The molecule has 2 heterocycles. The van der Waals surface area contributed by atoms with Crippen molar-refractivity contribution < 1.29 is 13.2 Å². The molecule has 0 bridgehead atoms. The van der Waals surface area contributed by atoms with Crippen molar-refractivity contribution in [1.82, 2.24) is 14.3 Å². The lowest BCUT2D eigenvalue weighted by Crippen LogP contribution is -2.40. The summed E-state index contributed by atoms with van der Waals surface area (Å²) in [4.78, 5) is 8.62. The summed E-state index contributed by atoms with van der Waals surface area (Å²) in [6, 6.07) is 18.7. The van der Waals surface area contributed by atoms with E-state index in [0.717, 1.165) is 21.7 Å². The van der Waals surface area contributed by atoms with Crippen LogP contribution in [0.5, 0.6) is 0 Å². The van der Waals surface area contributed by atoms with Crippen molar-refractivity contribution in [3.8, 4) is 0 Å². The molecule has 9 heteroatoms. The Balaban J connectivity index is 1.25. The van der Waals surface area contributed by atoms with Crippen molar-refractivity contribution in [2.24, 2.45) is 0 Å². The zero-order valence-electron chi connectivity index (χ0n) is 18.0. The minimum Gasteiger partial charge on any atom is -0.383 e. The average Bonchev–Trinajstić information content (AvgIpc) is 2.82. The summed E-state index contributed by atoms with van der Waals surface area (Å²) in [5, 5.41) is 2.67. The second-order valence-corrected chi connectivity index (χ2v) is 10.1. The zero-order chi connectivity index (χ0) is 23.0. The van der Waals surface area contributed by atoms with E-state index in [9.17, 15) is 8.42 Å². The summed E-state index contributed by atoms with van der Waals surface area (Å²) in [6.45, 7) is 1.17. The molecule has 5 rings (SSSR count). The first kappa shape index (κ1) is 21.6. The monoisotopic (exact) mass is 463 g/mol. The van der Waals surface area contributed by atoms with E-state index in [1.807, 2.05) is 48.5 Å². The Labute approximate surface area is 192 Å². The summed E-state index contributed by atoms with van der Waals surface area (Å²) in [7, 11) is -3.55. The Morgan fingerprint density at radius 2 is 1.70 bits per heavy atom. The fourth-order valence-electron chi connectivity index (χ4n) is 4.35. The summed E-state index contributed by atoms with van der Waals surface area (Å²) in [5.74, 6) is 0.464. The highest BCUT2D eigenvalue weighted by atomic mass is 32.2. The molecule has 170 valence electrons. The van der Waals surface area contributed by atoms with Crippen molar-refractivity contribution in [3.63, 3.8) is 0 Å². The normalized spacial score (nSPS) is 15.9. The van der Waals surface area contributed by atoms with Gasteiger partial charge in [-0.15, -0.1) is 0 Å². The fourth-order valence-corrected chi connectivity index (χ4v) is 5.85. The first-order valence-electron chi connectivity index (χ1n) is 10.8. The van der Waals surface area contributed by atoms with Gasteiger partial charge in [-0.2, -0.15) is 9.29 Å². The molecule has 0 saturated carbocycles. The van der Waals surface area contributed by atoms with Crippen LogP contribution in [0.3, 0.4) is 0 Å². The summed E-state index contributed by atoms with van der Waals surface area (Å²) >= 11 is 0. The number of anilines is 2. The van der Waals surface area contributed by atoms with Gasteiger partial charge < -0.3 is 16.2 Å². The summed E-state index contributed by atoms with van der Waals surface area (Å²) in [5.41, 5.74) is 13.3. The lowest BCUT2D eigenvalue weighted by atomic mass is 10.1. The highest BCUT2D eigenvalue weighted by Crippen LogP contribution is 2.27. The number of piperidine rings is 1. The number of hydrogen-bond acceptors (Lipinski definition) is 7. The smallest absolute Gasteiger partial charge is 0.243 e. The van der Waals surface area contributed by atoms with Crippen LogP contribution >= 0.6 is 0 Å². The van der Waals surface area contributed by atoms with Gasteiger partial charge in [0.2, 0.25) is 16.0 Å². The first-order valence-corrected chi connectivity index (χ1v) is 12.3. The van der Waals surface area contributed by atoms with Crippen molar-refractivity contribution >= 4 is 43.5 Å². The molecular weight excluding hydrogens is 438 g/mol. The number of sulfonamides is 1. The van der Waals surface area contributed by atoms with Gasteiger partial charge in [-0.1, -0.05) is 42.5 Å². The maximum absolute atomic E-state index is 13.2. The molecule has 1 saturated heterocycles. The number of nitrogens with zero attached hydrogens (tertiary/aromatic N) is 3. The molecule has 1 aliphatic rings. The third kappa shape index (κ3) is 4.22. The number of aromatic nitrogens is 2.